The van der Waals surface area contributed by atoms with Crippen LogP contribution in [0.15, 0.2) is 66.8 Å². The molecule has 4 rings (SSSR count). The van der Waals surface area contributed by atoms with E-state index in [9.17, 15) is 0 Å². The maximum absolute atomic E-state index is 3.37. The van der Waals surface area contributed by atoms with Gasteiger partial charge in [-0.05, 0) is 34.7 Å². The highest BCUT2D eigenvalue weighted by Crippen LogP contribution is 2.37. The van der Waals surface area contributed by atoms with E-state index in [1.54, 1.807) is 0 Å². The molecule has 2 aliphatic carbocycles. The van der Waals surface area contributed by atoms with Crippen LogP contribution in [0.4, 0.5) is 0 Å². The van der Waals surface area contributed by atoms with Crippen LogP contribution in [0.5, 0.6) is 0 Å². The van der Waals surface area contributed by atoms with Crippen molar-refractivity contribution in [1.29, 1.82) is 0 Å². The summed E-state index contributed by atoms with van der Waals surface area (Å²) in [5, 5.41) is 0. The van der Waals surface area contributed by atoms with Gasteiger partial charge in [-0.15, -0.1) is 0 Å². The summed E-state index contributed by atoms with van der Waals surface area (Å²) in [5.74, 6) is 6.97. The van der Waals surface area contributed by atoms with Crippen molar-refractivity contribution >= 4 is 0 Å². The van der Waals surface area contributed by atoms with Crippen molar-refractivity contribution in [3.05, 3.63) is 83.5 Å². The normalized spacial score (nSPS) is 14.8. The van der Waals surface area contributed by atoms with Crippen molar-refractivity contribution in [2.24, 2.45) is 5.92 Å². The van der Waals surface area contributed by atoms with Gasteiger partial charge in [-0.25, -0.2) is 0 Å². The lowest BCUT2D eigenvalue weighted by Crippen LogP contribution is -1.88. The van der Waals surface area contributed by atoms with E-state index in [4.69, 9.17) is 0 Å². The Morgan fingerprint density at radius 3 is 2.55 bits per heavy atom. The van der Waals surface area contributed by atoms with Crippen molar-refractivity contribution in [2.75, 3.05) is 0 Å². The Bertz CT molecular complexity index is 782. The number of hydrogen-bond acceptors (Lipinski definition) is 0. The molecule has 0 aromatic heterocycles. The van der Waals surface area contributed by atoms with Crippen LogP contribution >= 0.6 is 0 Å². The largest absolute Gasteiger partial charge is 0.0861 e. The summed E-state index contributed by atoms with van der Waals surface area (Å²) in [6.45, 7) is 0. The summed E-state index contributed by atoms with van der Waals surface area (Å²) < 4.78 is 0. The summed E-state index contributed by atoms with van der Waals surface area (Å²) in [4.78, 5) is 0. The molecular formula is C20H14. The molecule has 0 nitrogen and oxygen atoms in total. The van der Waals surface area contributed by atoms with Crippen molar-refractivity contribution in [2.45, 2.75) is 6.42 Å². The zero-order valence-electron chi connectivity index (χ0n) is 11.1. The SMILES string of the molecule is C(#CC1C=CC=C1)c1cccc2c1Cc1ccccc1-2. The molecule has 0 heteroatoms. The molecule has 20 heavy (non-hydrogen) atoms. The van der Waals surface area contributed by atoms with Crippen molar-refractivity contribution < 1.29 is 0 Å². The molecule has 0 N–H and O–H groups in total. The fourth-order valence-corrected chi connectivity index (χ4v) is 2.96. The van der Waals surface area contributed by atoms with E-state index >= 15 is 0 Å². The lowest BCUT2D eigenvalue weighted by Gasteiger charge is -2.02. The Balaban J connectivity index is 1.77. The zero-order valence-corrected chi connectivity index (χ0v) is 11.1. The predicted octanol–water partition coefficient (Wildman–Crippen LogP) is 4.35. The molecule has 0 saturated heterocycles. The Kier molecular flexibility index (Phi) is 2.57. The number of fused-ring (bicyclic) bond motifs is 3. The Hall–Kier alpha value is -2.52. The third-order valence-corrected chi connectivity index (χ3v) is 3.97. The minimum Gasteiger partial charge on any atom is -0.0861 e. The van der Waals surface area contributed by atoms with Gasteiger partial charge in [0.2, 0.25) is 0 Å². The fraction of sp³-hybridized carbons (Fsp3) is 0.100. The highest BCUT2D eigenvalue weighted by Gasteiger charge is 2.19. The molecular weight excluding hydrogens is 240 g/mol. The Morgan fingerprint density at radius 1 is 0.850 bits per heavy atom. The van der Waals surface area contributed by atoms with E-state index in [1.165, 1.54) is 27.8 Å². The quantitative estimate of drug-likeness (QED) is 0.523. The van der Waals surface area contributed by atoms with Gasteiger partial charge < -0.3 is 0 Å². The third-order valence-electron chi connectivity index (χ3n) is 3.97. The van der Waals surface area contributed by atoms with Gasteiger partial charge in [-0.2, -0.15) is 0 Å². The average molecular weight is 254 g/mol. The third kappa shape index (κ3) is 1.80. The van der Waals surface area contributed by atoms with Crippen molar-refractivity contribution in [3.8, 4) is 23.0 Å². The minimum atomic E-state index is 0.273. The van der Waals surface area contributed by atoms with Crippen LogP contribution in [-0.2, 0) is 6.42 Å². The van der Waals surface area contributed by atoms with Gasteiger partial charge in [-0.1, -0.05) is 72.5 Å². The number of allylic oxidation sites excluding steroid dienone is 4. The summed E-state index contributed by atoms with van der Waals surface area (Å²) >= 11 is 0. The lowest BCUT2D eigenvalue weighted by molar-refractivity contribution is 1.14. The lowest BCUT2D eigenvalue weighted by atomic mass is 10.0. The van der Waals surface area contributed by atoms with Crippen LogP contribution in [0.3, 0.4) is 0 Å². The maximum Gasteiger partial charge on any atom is 0.0573 e. The standard InChI is InChI=1S/C20H14/c1-2-7-15(6-1)12-13-16-9-5-11-19-18-10-4-3-8-17(18)14-20(16)19/h1-11,15H,14H2. The zero-order chi connectivity index (χ0) is 13.4. The smallest absolute Gasteiger partial charge is 0.0573 e. The van der Waals surface area contributed by atoms with Gasteiger partial charge in [0.25, 0.3) is 0 Å². The van der Waals surface area contributed by atoms with Gasteiger partial charge >= 0.3 is 0 Å². The Labute approximate surface area is 119 Å². The summed E-state index contributed by atoms with van der Waals surface area (Å²) in [6, 6.07) is 15.1. The van der Waals surface area contributed by atoms with Crippen LogP contribution in [0.2, 0.25) is 0 Å². The number of rotatable bonds is 0. The number of benzene rings is 2. The molecule has 0 amide bonds. The highest BCUT2D eigenvalue weighted by molar-refractivity contribution is 5.79. The average Bonchev–Trinajstić information content (AvgIpc) is 3.12. The van der Waals surface area contributed by atoms with E-state index in [0.29, 0.717) is 0 Å². The highest BCUT2D eigenvalue weighted by atomic mass is 14.2. The van der Waals surface area contributed by atoms with Crippen LogP contribution in [-0.4, -0.2) is 0 Å². The first kappa shape index (κ1) is 11.3. The predicted molar refractivity (Wildman–Crippen MR) is 83.3 cm³/mol. The Morgan fingerprint density at radius 2 is 1.65 bits per heavy atom. The molecule has 94 valence electrons. The molecule has 2 aromatic rings. The maximum atomic E-state index is 3.37. The van der Waals surface area contributed by atoms with E-state index in [0.717, 1.165) is 6.42 Å². The second-order valence-electron chi connectivity index (χ2n) is 5.23. The second kappa shape index (κ2) is 4.54. The first-order chi connectivity index (χ1) is 9.92. The molecule has 0 atom stereocenters. The fourth-order valence-electron chi connectivity index (χ4n) is 2.96. The summed E-state index contributed by atoms with van der Waals surface area (Å²) in [6.07, 6.45) is 9.39. The van der Waals surface area contributed by atoms with Gasteiger partial charge in [0.05, 0.1) is 5.92 Å². The molecule has 0 bridgehead atoms. The molecule has 0 fully saturated rings. The molecule has 0 radical (unpaired) electrons. The summed E-state index contributed by atoms with van der Waals surface area (Å²) in [5.41, 5.74) is 6.69. The van der Waals surface area contributed by atoms with E-state index in [1.807, 2.05) is 0 Å². The molecule has 0 spiro atoms. The first-order valence-corrected chi connectivity index (χ1v) is 6.98. The molecule has 0 heterocycles. The molecule has 0 saturated carbocycles. The van der Waals surface area contributed by atoms with Gasteiger partial charge in [-0.3, -0.25) is 0 Å². The van der Waals surface area contributed by atoms with E-state index in [-0.39, 0.29) is 5.92 Å². The van der Waals surface area contributed by atoms with Crippen LogP contribution < -0.4 is 0 Å². The van der Waals surface area contributed by atoms with Crippen LogP contribution in [0.25, 0.3) is 11.1 Å². The van der Waals surface area contributed by atoms with Crippen molar-refractivity contribution in [3.63, 3.8) is 0 Å². The molecule has 0 aliphatic heterocycles. The van der Waals surface area contributed by atoms with Gasteiger partial charge in [0.15, 0.2) is 0 Å². The van der Waals surface area contributed by atoms with E-state index in [2.05, 4.69) is 78.6 Å². The second-order valence-corrected chi connectivity index (χ2v) is 5.23. The van der Waals surface area contributed by atoms with Crippen LogP contribution in [0.1, 0.15) is 16.7 Å². The van der Waals surface area contributed by atoms with Gasteiger partial charge in [0, 0.05) is 5.56 Å². The first-order valence-electron chi connectivity index (χ1n) is 6.98. The van der Waals surface area contributed by atoms with Crippen molar-refractivity contribution in [1.82, 2.24) is 0 Å². The summed E-state index contributed by atoms with van der Waals surface area (Å²) in [7, 11) is 0. The van der Waals surface area contributed by atoms with E-state index < -0.39 is 0 Å². The number of hydrogen-bond donors (Lipinski definition) is 0. The monoisotopic (exact) mass is 254 g/mol. The van der Waals surface area contributed by atoms with Gasteiger partial charge in [0.1, 0.15) is 0 Å². The topological polar surface area (TPSA) is 0 Å². The molecule has 2 aliphatic rings. The minimum absolute atomic E-state index is 0.273. The van der Waals surface area contributed by atoms with Crippen LogP contribution in [0, 0.1) is 17.8 Å². The molecule has 2 aromatic carbocycles. The molecule has 0 unspecified atom stereocenters.